The Kier molecular flexibility index (Phi) is 24.5. The molecule has 0 radical (unpaired) electrons. The average Bonchev–Trinajstić information content (AvgIpc) is 2.69. The maximum Gasteiger partial charge on any atom is 1.00 e. The summed E-state index contributed by atoms with van der Waals surface area (Å²) in [5.74, 6) is 0.296. The van der Waals surface area contributed by atoms with Crippen LogP contribution in [-0.2, 0) is 4.79 Å². The van der Waals surface area contributed by atoms with Gasteiger partial charge in [-0.25, -0.2) is 0 Å². The molecule has 0 heterocycles. The summed E-state index contributed by atoms with van der Waals surface area (Å²) in [5.41, 5.74) is 0. The number of rotatable bonds is 20. The number of carboxylic acid groups (broad SMARTS) is 1. The van der Waals surface area contributed by atoms with Crippen LogP contribution in [0.3, 0.4) is 0 Å². The predicted molar refractivity (Wildman–Crippen MR) is 125 cm³/mol. The van der Waals surface area contributed by atoms with Crippen LogP contribution in [0.1, 0.15) is 105 Å². The van der Waals surface area contributed by atoms with E-state index in [1.807, 2.05) is 0 Å². The molecular formula is C26H48LiNO2. The molecule has 0 fully saturated rings. The summed E-state index contributed by atoms with van der Waals surface area (Å²) in [4.78, 5) is 13.2. The van der Waals surface area contributed by atoms with E-state index in [9.17, 15) is 9.90 Å². The molecule has 30 heavy (non-hydrogen) atoms. The van der Waals surface area contributed by atoms with Crippen LogP contribution in [0.15, 0.2) is 24.3 Å². The molecule has 4 heteroatoms. The molecule has 0 amide bonds. The van der Waals surface area contributed by atoms with Gasteiger partial charge in [-0.3, -0.25) is 4.90 Å². The van der Waals surface area contributed by atoms with Crippen molar-refractivity contribution in [2.24, 2.45) is 11.8 Å². The molecule has 0 saturated heterocycles. The van der Waals surface area contributed by atoms with Gasteiger partial charge >= 0.3 is 18.9 Å². The first kappa shape index (κ1) is 31.7. The second kappa shape index (κ2) is 23.2. The predicted octanol–water partition coefficient (Wildman–Crippen LogP) is 3.15. The van der Waals surface area contributed by atoms with Crippen molar-refractivity contribution in [1.29, 1.82) is 0 Å². The van der Waals surface area contributed by atoms with Crippen LogP contribution >= 0.6 is 0 Å². The monoisotopic (exact) mass is 413 g/mol. The molecule has 0 aromatic heterocycles. The van der Waals surface area contributed by atoms with E-state index in [2.05, 4.69) is 56.9 Å². The third kappa shape index (κ3) is 22.2. The van der Waals surface area contributed by atoms with Crippen LogP contribution in [0.5, 0.6) is 0 Å². The molecule has 0 spiro atoms. The number of hydrogen-bond donors (Lipinski definition) is 0. The van der Waals surface area contributed by atoms with Gasteiger partial charge in [0.2, 0.25) is 0 Å². The summed E-state index contributed by atoms with van der Waals surface area (Å²) in [6, 6.07) is 0. The number of allylic oxidation sites excluding steroid dienone is 4. The van der Waals surface area contributed by atoms with Gasteiger partial charge in [-0.05, 0) is 76.3 Å². The summed E-state index contributed by atoms with van der Waals surface area (Å²) in [6.45, 7) is 10.8. The molecule has 0 aliphatic heterocycles. The van der Waals surface area contributed by atoms with Crippen molar-refractivity contribution < 1.29 is 28.8 Å². The minimum atomic E-state index is -0.956. The Hall–Kier alpha value is -0.493. The van der Waals surface area contributed by atoms with Crippen LogP contribution in [0.4, 0.5) is 0 Å². The van der Waals surface area contributed by atoms with Crippen molar-refractivity contribution in [3.63, 3.8) is 0 Å². The van der Waals surface area contributed by atoms with Crippen molar-refractivity contribution in [3.8, 4) is 0 Å². The fraction of sp³-hybridized carbons (Fsp3) is 0.808. The van der Waals surface area contributed by atoms with Gasteiger partial charge in [0.25, 0.3) is 0 Å². The number of unbranched alkanes of at least 4 members (excludes halogenated alkanes) is 4. The van der Waals surface area contributed by atoms with Gasteiger partial charge < -0.3 is 9.90 Å². The summed E-state index contributed by atoms with van der Waals surface area (Å²) < 4.78 is 0. The van der Waals surface area contributed by atoms with E-state index in [0.717, 1.165) is 38.8 Å². The van der Waals surface area contributed by atoms with E-state index >= 15 is 0 Å². The Morgan fingerprint density at radius 2 is 1.17 bits per heavy atom. The molecule has 0 aromatic rings. The first-order valence-corrected chi connectivity index (χ1v) is 12.2. The SMILES string of the molecule is CCCC/C=C/CCC(C)CCN(CCC(C)CC/C=C/CCCC)CC(=O)[O-].[Li+]. The number of nitrogens with zero attached hydrogens (tertiary/aromatic N) is 1. The summed E-state index contributed by atoms with van der Waals surface area (Å²) >= 11 is 0. The number of carboxylic acids is 1. The third-order valence-corrected chi connectivity index (χ3v) is 5.66. The first-order valence-electron chi connectivity index (χ1n) is 12.2. The van der Waals surface area contributed by atoms with E-state index in [-0.39, 0.29) is 25.4 Å². The van der Waals surface area contributed by atoms with E-state index in [1.165, 1.54) is 51.4 Å². The van der Waals surface area contributed by atoms with Crippen molar-refractivity contribution in [1.82, 2.24) is 4.90 Å². The number of aliphatic carboxylic acids is 1. The molecule has 170 valence electrons. The Labute approximate surface area is 199 Å². The second-order valence-corrected chi connectivity index (χ2v) is 8.82. The molecule has 0 aromatic carbocycles. The Bertz CT molecular complexity index is 405. The Balaban J connectivity index is 0. The van der Waals surface area contributed by atoms with Crippen LogP contribution in [0, 0.1) is 11.8 Å². The van der Waals surface area contributed by atoms with Gasteiger partial charge in [-0.15, -0.1) is 0 Å². The van der Waals surface area contributed by atoms with Crippen molar-refractivity contribution in [2.75, 3.05) is 19.6 Å². The zero-order valence-electron chi connectivity index (χ0n) is 20.8. The number of carbonyl (C=O) groups excluding carboxylic acids is 1. The summed E-state index contributed by atoms with van der Waals surface area (Å²) in [7, 11) is 0. The second-order valence-electron chi connectivity index (χ2n) is 8.82. The quantitative estimate of drug-likeness (QED) is 0.175. The van der Waals surface area contributed by atoms with Gasteiger partial charge in [0.15, 0.2) is 0 Å². The maximum absolute atomic E-state index is 11.1. The zero-order valence-corrected chi connectivity index (χ0v) is 20.8. The summed E-state index contributed by atoms with van der Waals surface area (Å²) in [5, 5.41) is 11.1. The van der Waals surface area contributed by atoms with E-state index < -0.39 is 5.97 Å². The molecule has 0 aliphatic carbocycles. The van der Waals surface area contributed by atoms with Crippen LogP contribution in [0.2, 0.25) is 0 Å². The van der Waals surface area contributed by atoms with Crippen LogP contribution in [-0.4, -0.2) is 30.5 Å². The maximum atomic E-state index is 11.1. The number of hydrogen-bond acceptors (Lipinski definition) is 3. The van der Waals surface area contributed by atoms with Crippen molar-refractivity contribution in [3.05, 3.63) is 24.3 Å². The number of carbonyl (C=O) groups is 1. The molecule has 2 atom stereocenters. The average molecular weight is 414 g/mol. The normalized spacial score (nSPS) is 13.8. The van der Waals surface area contributed by atoms with Gasteiger partial charge in [0.05, 0.1) is 5.97 Å². The summed E-state index contributed by atoms with van der Waals surface area (Å²) in [6.07, 6.45) is 23.4. The van der Waals surface area contributed by atoms with Crippen molar-refractivity contribution in [2.45, 2.75) is 105 Å². The fourth-order valence-corrected chi connectivity index (χ4v) is 3.42. The van der Waals surface area contributed by atoms with Gasteiger partial charge in [0.1, 0.15) is 0 Å². The minimum Gasteiger partial charge on any atom is -0.549 e. The smallest absolute Gasteiger partial charge is 0.549 e. The molecular weight excluding hydrogens is 365 g/mol. The van der Waals surface area contributed by atoms with Gasteiger partial charge in [-0.1, -0.05) is 77.7 Å². The van der Waals surface area contributed by atoms with E-state index in [0.29, 0.717) is 11.8 Å². The van der Waals surface area contributed by atoms with Gasteiger partial charge in [-0.2, -0.15) is 0 Å². The molecule has 0 N–H and O–H groups in total. The Morgan fingerprint density at radius 3 is 1.53 bits per heavy atom. The molecule has 0 bridgehead atoms. The minimum absolute atomic E-state index is 0. The molecule has 0 saturated carbocycles. The largest absolute Gasteiger partial charge is 1.00 e. The van der Waals surface area contributed by atoms with Crippen molar-refractivity contribution >= 4 is 5.97 Å². The fourth-order valence-electron chi connectivity index (χ4n) is 3.42. The van der Waals surface area contributed by atoms with Crippen LogP contribution < -0.4 is 24.0 Å². The topological polar surface area (TPSA) is 43.4 Å². The first-order chi connectivity index (χ1) is 14.0. The molecule has 0 rings (SSSR count). The van der Waals surface area contributed by atoms with E-state index in [4.69, 9.17) is 0 Å². The van der Waals surface area contributed by atoms with E-state index in [1.54, 1.807) is 0 Å². The zero-order chi connectivity index (χ0) is 21.7. The van der Waals surface area contributed by atoms with Crippen LogP contribution in [0.25, 0.3) is 0 Å². The molecule has 0 aliphatic rings. The molecule has 2 unspecified atom stereocenters. The third-order valence-electron chi connectivity index (χ3n) is 5.66. The standard InChI is InChI=1S/C26H49NO2.Li/c1-5-7-9-11-13-15-17-24(3)19-21-27(23-26(28)29)22-20-25(4)18-16-14-12-10-8-6-2;/h11-14,24-25H,5-10,15-23H2,1-4H3,(H,28,29);/q;+1/p-1/b13-11+,14-12+;. The Morgan fingerprint density at radius 1 is 0.767 bits per heavy atom. The molecule has 3 nitrogen and oxygen atoms in total. The van der Waals surface area contributed by atoms with Gasteiger partial charge in [0, 0.05) is 6.54 Å².